The lowest BCUT2D eigenvalue weighted by Crippen LogP contribution is -3.19. The fourth-order valence-electron chi connectivity index (χ4n) is 3.84. The van der Waals surface area contributed by atoms with E-state index in [1.165, 1.54) is 17.7 Å². The Labute approximate surface area is 153 Å². The molecule has 1 aliphatic carbocycles. The van der Waals surface area contributed by atoms with Gasteiger partial charge in [-0.15, -0.1) is 0 Å². The molecular weight excluding hydrogens is 310 g/mol. The van der Waals surface area contributed by atoms with E-state index in [4.69, 9.17) is 0 Å². The van der Waals surface area contributed by atoms with Crippen molar-refractivity contribution in [3.63, 3.8) is 0 Å². The highest BCUT2D eigenvalue weighted by Gasteiger charge is 2.39. The first-order chi connectivity index (χ1) is 11.9. The second kappa shape index (κ2) is 8.85. The molecule has 0 aliphatic heterocycles. The van der Waals surface area contributed by atoms with Gasteiger partial charge in [-0.05, 0) is 51.0 Å². The summed E-state index contributed by atoms with van der Waals surface area (Å²) in [6, 6.07) is 10.0. The maximum atomic E-state index is 11.5. The second-order valence-electron chi connectivity index (χ2n) is 8.31. The Morgan fingerprint density at radius 2 is 1.72 bits per heavy atom. The fourth-order valence-corrected chi connectivity index (χ4v) is 3.84. The third-order valence-electron chi connectivity index (χ3n) is 5.56. The van der Waals surface area contributed by atoms with Crippen molar-refractivity contribution in [1.82, 2.24) is 0 Å². The van der Waals surface area contributed by atoms with Crippen LogP contribution in [0.15, 0.2) is 30.3 Å². The quantitative estimate of drug-likeness (QED) is 0.692. The first-order valence-electron chi connectivity index (χ1n) is 9.57. The summed E-state index contributed by atoms with van der Waals surface area (Å²) in [5, 5.41) is 20.7. The Bertz CT molecular complexity index is 576. The highest BCUT2D eigenvalue weighted by atomic mass is 16.3. The van der Waals surface area contributed by atoms with Crippen LogP contribution in [0.5, 0.6) is 0 Å². The van der Waals surface area contributed by atoms with Crippen LogP contribution in [0.1, 0.15) is 58.4 Å². The van der Waals surface area contributed by atoms with E-state index in [2.05, 4.69) is 32.6 Å². The molecule has 0 aromatic heterocycles. The van der Waals surface area contributed by atoms with Gasteiger partial charge in [-0.3, -0.25) is 0 Å². The summed E-state index contributed by atoms with van der Waals surface area (Å²) >= 11 is 0. The first-order valence-corrected chi connectivity index (χ1v) is 9.57. The summed E-state index contributed by atoms with van der Waals surface area (Å²) < 4.78 is 0. The molecule has 2 atom stereocenters. The average Bonchev–Trinajstić information content (AvgIpc) is 3.12. The summed E-state index contributed by atoms with van der Waals surface area (Å²) in [5.41, 5.74) is 0.203. The van der Waals surface area contributed by atoms with E-state index in [1.54, 1.807) is 0 Å². The van der Waals surface area contributed by atoms with Gasteiger partial charge in [0.2, 0.25) is 0 Å². The average molecular weight is 345 g/mol. The SMILES string of the molecule is CC(C)(C)[NH+](CC#CC[C@@](O)(c1ccccc1)C1CCCC1)CCO. The molecule has 1 aliphatic rings. The van der Waals surface area contributed by atoms with Gasteiger partial charge < -0.3 is 15.1 Å². The molecule has 2 rings (SSSR count). The van der Waals surface area contributed by atoms with Gasteiger partial charge in [0.05, 0.1) is 12.1 Å². The Kier molecular flexibility index (Phi) is 7.07. The summed E-state index contributed by atoms with van der Waals surface area (Å²) in [7, 11) is 0. The Morgan fingerprint density at radius 1 is 1.08 bits per heavy atom. The van der Waals surface area contributed by atoms with Crippen LogP contribution in [0.2, 0.25) is 0 Å². The number of quaternary nitrogens is 1. The molecule has 1 unspecified atom stereocenters. The summed E-state index contributed by atoms with van der Waals surface area (Å²) in [4.78, 5) is 1.27. The van der Waals surface area contributed by atoms with Crippen molar-refractivity contribution < 1.29 is 15.1 Å². The lowest BCUT2D eigenvalue weighted by atomic mass is 9.78. The van der Waals surface area contributed by atoms with Crippen molar-refractivity contribution in [2.75, 3.05) is 19.7 Å². The van der Waals surface area contributed by atoms with Crippen LogP contribution in [0.4, 0.5) is 0 Å². The van der Waals surface area contributed by atoms with Gasteiger partial charge >= 0.3 is 0 Å². The van der Waals surface area contributed by atoms with Crippen LogP contribution < -0.4 is 4.90 Å². The van der Waals surface area contributed by atoms with Crippen LogP contribution in [-0.4, -0.2) is 35.4 Å². The Hall–Kier alpha value is -1.34. The fraction of sp³-hybridized carbons (Fsp3) is 0.636. The maximum Gasteiger partial charge on any atom is 0.139 e. The molecule has 1 aromatic rings. The van der Waals surface area contributed by atoms with Crippen molar-refractivity contribution in [2.24, 2.45) is 5.92 Å². The van der Waals surface area contributed by atoms with E-state index in [-0.39, 0.29) is 12.1 Å². The third kappa shape index (κ3) is 5.31. The molecule has 1 aromatic carbocycles. The zero-order valence-corrected chi connectivity index (χ0v) is 16.0. The summed E-state index contributed by atoms with van der Waals surface area (Å²) in [5.74, 6) is 6.83. The third-order valence-corrected chi connectivity index (χ3v) is 5.56. The minimum atomic E-state index is -0.844. The number of hydrogen-bond acceptors (Lipinski definition) is 2. The van der Waals surface area contributed by atoms with Crippen LogP contribution in [0.25, 0.3) is 0 Å². The van der Waals surface area contributed by atoms with Gasteiger partial charge in [-0.25, -0.2) is 0 Å². The largest absolute Gasteiger partial charge is 0.391 e. The zero-order valence-electron chi connectivity index (χ0n) is 16.0. The summed E-state index contributed by atoms with van der Waals surface area (Å²) in [6.45, 7) is 8.06. The highest BCUT2D eigenvalue weighted by molar-refractivity contribution is 5.26. The predicted molar refractivity (Wildman–Crippen MR) is 102 cm³/mol. The predicted octanol–water partition coefficient (Wildman–Crippen LogP) is 2.13. The molecule has 138 valence electrons. The van der Waals surface area contributed by atoms with Crippen LogP contribution in [0.3, 0.4) is 0 Å². The normalized spacial score (nSPS) is 19.1. The van der Waals surface area contributed by atoms with E-state index in [9.17, 15) is 10.2 Å². The van der Waals surface area contributed by atoms with Crippen molar-refractivity contribution >= 4 is 0 Å². The van der Waals surface area contributed by atoms with Crippen LogP contribution in [-0.2, 0) is 5.60 Å². The maximum absolute atomic E-state index is 11.5. The minimum absolute atomic E-state index is 0.0542. The lowest BCUT2D eigenvalue weighted by molar-refractivity contribution is -0.940. The van der Waals surface area contributed by atoms with Gasteiger partial charge in [-0.2, -0.15) is 0 Å². The van der Waals surface area contributed by atoms with E-state index < -0.39 is 5.60 Å². The molecule has 1 saturated carbocycles. The number of benzene rings is 1. The van der Waals surface area contributed by atoms with Gasteiger partial charge in [0.1, 0.15) is 18.7 Å². The number of aliphatic hydroxyl groups is 2. The molecule has 0 spiro atoms. The summed E-state index contributed by atoms with van der Waals surface area (Å²) in [6.07, 6.45) is 5.05. The van der Waals surface area contributed by atoms with E-state index in [1.807, 2.05) is 30.3 Å². The van der Waals surface area contributed by atoms with E-state index in [0.717, 1.165) is 18.4 Å². The van der Waals surface area contributed by atoms with Gasteiger partial charge in [-0.1, -0.05) is 49.1 Å². The van der Waals surface area contributed by atoms with Gasteiger partial charge in [0.15, 0.2) is 0 Å². The number of nitrogens with one attached hydrogen (secondary N) is 1. The number of aliphatic hydroxyl groups excluding tert-OH is 1. The monoisotopic (exact) mass is 344 g/mol. The Morgan fingerprint density at radius 3 is 2.28 bits per heavy atom. The van der Waals surface area contributed by atoms with Crippen molar-refractivity contribution in [3.05, 3.63) is 35.9 Å². The van der Waals surface area contributed by atoms with Crippen LogP contribution >= 0.6 is 0 Å². The number of hydrogen-bond donors (Lipinski definition) is 3. The van der Waals surface area contributed by atoms with E-state index in [0.29, 0.717) is 25.4 Å². The molecule has 0 amide bonds. The Balaban J connectivity index is 2.11. The van der Waals surface area contributed by atoms with E-state index >= 15 is 0 Å². The molecular formula is C22H34NO2+. The molecule has 0 saturated heterocycles. The van der Waals surface area contributed by atoms with Crippen molar-refractivity contribution in [3.8, 4) is 11.8 Å². The van der Waals surface area contributed by atoms with Gasteiger partial charge in [0, 0.05) is 6.42 Å². The molecule has 0 radical (unpaired) electrons. The first kappa shape index (κ1) is 20.0. The molecule has 0 bridgehead atoms. The zero-order chi connectivity index (χ0) is 18.3. The molecule has 25 heavy (non-hydrogen) atoms. The smallest absolute Gasteiger partial charge is 0.139 e. The lowest BCUT2D eigenvalue weighted by Gasteiger charge is -2.33. The topological polar surface area (TPSA) is 44.9 Å². The highest BCUT2D eigenvalue weighted by Crippen LogP contribution is 2.42. The van der Waals surface area contributed by atoms with Gasteiger partial charge in [0.25, 0.3) is 0 Å². The molecule has 0 heterocycles. The van der Waals surface area contributed by atoms with Crippen LogP contribution in [0, 0.1) is 17.8 Å². The van der Waals surface area contributed by atoms with Crippen molar-refractivity contribution in [2.45, 2.75) is 64.0 Å². The molecule has 3 N–H and O–H groups in total. The van der Waals surface area contributed by atoms with Crippen molar-refractivity contribution in [1.29, 1.82) is 0 Å². The molecule has 1 fully saturated rings. The second-order valence-corrected chi connectivity index (χ2v) is 8.31. The minimum Gasteiger partial charge on any atom is -0.391 e. The molecule has 3 heteroatoms. The number of rotatable bonds is 6. The standard InChI is InChI=1S/C22H33NO2/c1-21(2,3)23(17-18-24)16-10-9-15-22(25,20-13-7-8-14-20)19-11-5-4-6-12-19/h4-6,11-12,20,24-25H,7-8,13-18H2,1-3H3/p+1/t22-/m1/s1. The molecule has 3 nitrogen and oxygen atoms in total.